The molecule has 2 aromatic rings. The maximum atomic E-state index is 3.86. The molecule has 2 aliphatic rings. The van der Waals surface area contributed by atoms with Crippen molar-refractivity contribution in [1.29, 1.82) is 0 Å². The third-order valence-corrected chi connectivity index (χ3v) is 5.09. The molecule has 0 radical (unpaired) electrons. The van der Waals surface area contributed by atoms with Crippen molar-refractivity contribution in [2.24, 2.45) is 0 Å². The number of aromatic nitrogens is 1. The molecule has 1 aliphatic carbocycles. The first-order chi connectivity index (χ1) is 9.39. The second-order valence-corrected chi connectivity index (χ2v) is 6.20. The van der Waals surface area contributed by atoms with Gasteiger partial charge in [-0.3, -0.25) is 0 Å². The van der Waals surface area contributed by atoms with Crippen molar-refractivity contribution < 1.29 is 0 Å². The molecule has 4 rings (SSSR count). The number of hydrogen-bond donors (Lipinski definition) is 2. The minimum absolute atomic E-state index is 0.239. The Bertz CT molecular complexity index is 588. The predicted molar refractivity (Wildman–Crippen MR) is 79.4 cm³/mol. The zero-order chi connectivity index (χ0) is 12.7. The lowest BCUT2D eigenvalue weighted by Gasteiger charge is -2.38. The first kappa shape index (κ1) is 11.5. The highest BCUT2D eigenvalue weighted by Gasteiger charge is 2.38. The molecule has 0 unspecified atom stereocenters. The van der Waals surface area contributed by atoms with Crippen molar-refractivity contribution in [3.8, 4) is 0 Å². The predicted octanol–water partition coefficient (Wildman–Crippen LogP) is 3.86. The van der Waals surface area contributed by atoms with Gasteiger partial charge < -0.3 is 10.3 Å². The van der Waals surface area contributed by atoms with Gasteiger partial charge in [0.25, 0.3) is 0 Å². The molecule has 1 aliphatic heterocycles. The zero-order valence-corrected chi connectivity index (χ0v) is 11.5. The van der Waals surface area contributed by atoms with Crippen molar-refractivity contribution in [3.63, 3.8) is 0 Å². The summed E-state index contributed by atoms with van der Waals surface area (Å²) in [6.45, 7) is 1.13. The molecule has 2 nitrogen and oxygen atoms in total. The summed E-state index contributed by atoms with van der Waals surface area (Å²) in [5.41, 5.74) is 4.64. The fourth-order valence-corrected chi connectivity index (χ4v) is 4.14. The fraction of sp³-hybridized carbons (Fsp3) is 0.529. The largest absolute Gasteiger partial charge is 0.357 e. The summed E-state index contributed by atoms with van der Waals surface area (Å²) in [4.78, 5) is 3.74. The Morgan fingerprint density at radius 3 is 2.58 bits per heavy atom. The topological polar surface area (TPSA) is 27.8 Å². The number of aromatic amines is 1. The lowest BCUT2D eigenvalue weighted by atomic mass is 9.81. The van der Waals surface area contributed by atoms with Gasteiger partial charge in [-0.05, 0) is 30.9 Å². The molecule has 1 fully saturated rings. The van der Waals surface area contributed by atoms with Gasteiger partial charge in [0.05, 0.1) is 5.54 Å². The van der Waals surface area contributed by atoms with Gasteiger partial charge in [-0.25, -0.2) is 0 Å². The Kier molecular flexibility index (Phi) is 2.66. The van der Waals surface area contributed by atoms with E-state index >= 15 is 0 Å². The van der Waals surface area contributed by atoms with Gasteiger partial charge >= 0.3 is 0 Å². The molecule has 1 aromatic heterocycles. The van der Waals surface area contributed by atoms with E-state index in [-0.39, 0.29) is 5.54 Å². The van der Waals surface area contributed by atoms with E-state index in [2.05, 4.69) is 34.6 Å². The van der Waals surface area contributed by atoms with Gasteiger partial charge in [-0.2, -0.15) is 0 Å². The van der Waals surface area contributed by atoms with E-state index in [1.165, 1.54) is 61.5 Å². The Morgan fingerprint density at radius 2 is 1.74 bits per heavy atom. The number of benzene rings is 1. The van der Waals surface area contributed by atoms with Crippen molar-refractivity contribution in [3.05, 3.63) is 35.5 Å². The smallest absolute Gasteiger partial charge is 0.0589 e. The van der Waals surface area contributed by atoms with E-state index in [1.54, 1.807) is 5.56 Å². The minimum Gasteiger partial charge on any atom is -0.357 e. The summed E-state index contributed by atoms with van der Waals surface area (Å²) in [7, 11) is 0. The lowest BCUT2D eigenvalue weighted by molar-refractivity contribution is 0.270. The van der Waals surface area contributed by atoms with Crippen LogP contribution >= 0.6 is 0 Å². The number of para-hydroxylation sites is 1. The Balaban J connectivity index is 1.89. The van der Waals surface area contributed by atoms with Gasteiger partial charge in [0.1, 0.15) is 0 Å². The van der Waals surface area contributed by atoms with E-state index in [0.29, 0.717) is 0 Å². The molecule has 0 atom stereocenters. The maximum Gasteiger partial charge on any atom is 0.0589 e. The highest BCUT2D eigenvalue weighted by molar-refractivity contribution is 5.85. The molecule has 0 amide bonds. The normalized spacial score (nSPS) is 22.3. The third kappa shape index (κ3) is 1.73. The summed E-state index contributed by atoms with van der Waals surface area (Å²) >= 11 is 0. The van der Waals surface area contributed by atoms with Gasteiger partial charge in [0, 0.05) is 23.1 Å². The Labute approximate surface area is 114 Å². The first-order valence-electron chi connectivity index (χ1n) is 7.74. The summed E-state index contributed by atoms with van der Waals surface area (Å²) in [6, 6.07) is 8.80. The van der Waals surface area contributed by atoms with Crippen LogP contribution in [0.15, 0.2) is 24.3 Å². The van der Waals surface area contributed by atoms with Crippen molar-refractivity contribution in [2.45, 2.75) is 50.5 Å². The molecule has 2 N–H and O–H groups in total. The van der Waals surface area contributed by atoms with Crippen LogP contribution in [0.1, 0.15) is 49.8 Å². The molecule has 2 heterocycles. The lowest BCUT2D eigenvalue weighted by Crippen LogP contribution is -2.47. The molecule has 100 valence electrons. The molecule has 0 saturated heterocycles. The summed E-state index contributed by atoms with van der Waals surface area (Å²) in [5.74, 6) is 0. The number of rotatable bonds is 0. The van der Waals surface area contributed by atoms with Crippen molar-refractivity contribution >= 4 is 10.9 Å². The molecular formula is C17H22N2. The second-order valence-electron chi connectivity index (χ2n) is 6.20. The summed E-state index contributed by atoms with van der Waals surface area (Å²) < 4.78 is 0. The Hall–Kier alpha value is -1.28. The highest BCUT2D eigenvalue weighted by atomic mass is 15.0. The second kappa shape index (κ2) is 4.38. The minimum atomic E-state index is 0.239. The van der Waals surface area contributed by atoms with Crippen LogP contribution in [0, 0.1) is 0 Å². The van der Waals surface area contributed by atoms with Crippen LogP contribution in [-0.4, -0.2) is 11.5 Å². The number of hydrogen-bond acceptors (Lipinski definition) is 1. The Morgan fingerprint density at radius 1 is 0.947 bits per heavy atom. The SMILES string of the molecule is c1ccc2c3c([nH]c2c1)C1(CCCCCC1)NCC3. The van der Waals surface area contributed by atoms with Crippen LogP contribution < -0.4 is 5.32 Å². The van der Waals surface area contributed by atoms with E-state index < -0.39 is 0 Å². The van der Waals surface area contributed by atoms with E-state index in [0.717, 1.165) is 6.54 Å². The van der Waals surface area contributed by atoms with Crippen LogP contribution in [0.25, 0.3) is 10.9 Å². The molecule has 2 heteroatoms. The zero-order valence-electron chi connectivity index (χ0n) is 11.5. The van der Waals surface area contributed by atoms with Gasteiger partial charge in [0.2, 0.25) is 0 Å². The average Bonchev–Trinajstić information content (AvgIpc) is 2.68. The van der Waals surface area contributed by atoms with Crippen molar-refractivity contribution in [1.82, 2.24) is 10.3 Å². The van der Waals surface area contributed by atoms with Crippen LogP contribution in [0.5, 0.6) is 0 Å². The monoisotopic (exact) mass is 254 g/mol. The quantitative estimate of drug-likeness (QED) is 0.734. The molecule has 1 saturated carbocycles. The first-order valence-corrected chi connectivity index (χ1v) is 7.74. The molecule has 19 heavy (non-hydrogen) atoms. The van der Waals surface area contributed by atoms with E-state index in [9.17, 15) is 0 Å². The third-order valence-electron chi connectivity index (χ3n) is 5.09. The van der Waals surface area contributed by atoms with E-state index in [1.807, 2.05) is 0 Å². The summed E-state index contributed by atoms with van der Waals surface area (Å²) in [6.07, 6.45) is 9.29. The van der Waals surface area contributed by atoms with Gasteiger partial charge in [-0.15, -0.1) is 0 Å². The maximum absolute atomic E-state index is 3.86. The fourth-order valence-electron chi connectivity index (χ4n) is 4.14. The molecule has 1 aromatic carbocycles. The molecule has 0 bridgehead atoms. The van der Waals surface area contributed by atoms with E-state index in [4.69, 9.17) is 0 Å². The van der Waals surface area contributed by atoms with Crippen LogP contribution in [0.2, 0.25) is 0 Å². The average molecular weight is 254 g/mol. The van der Waals surface area contributed by atoms with Gasteiger partial charge in [-0.1, -0.05) is 43.9 Å². The molecule has 1 spiro atoms. The number of H-pyrrole nitrogens is 1. The van der Waals surface area contributed by atoms with Gasteiger partial charge in [0.15, 0.2) is 0 Å². The number of nitrogens with one attached hydrogen (secondary N) is 2. The van der Waals surface area contributed by atoms with Crippen LogP contribution in [-0.2, 0) is 12.0 Å². The van der Waals surface area contributed by atoms with Crippen LogP contribution in [0.4, 0.5) is 0 Å². The van der Waals surface area contributed by atoms with Crippen LogP contribution in [0.3, 0.4) is 0 Å². The highest BCUT2D eigenvalue weighted by Crippen LogP contribution is 2.41. The number of fused-ring (bicyclic) bond motifs is 4. The standard InChI is InChI=1S/C17H22N2/c1-2-6-11-17(10-5-1)16-14(9-12-18-17)13-7-3-4-8-15(13)19-16/h3-4,7-8,18-19H,1-2,5-6,9-12H2. The van der Waals surface area contributed by atoms with Crippen molar-refractivity contribution in [2.75, 3.05) is 6.54 Å². The molecular weight excluding hydrogens is 232 g/mol. The summed E-state index contributed by atoms with van der Waals surface area (Å²) in [5, 5.41) is 5.31.